The maximum atomic E-state index is 10.5. The maximum absolute atomic E-state index is 10.5. The molecule has 3 aliphatic rings. The van der Waals surface area contributed by atoms with Gasteiger partial charge in [-0.2, -0.15) is 0 Å². The molecule has 0 spiro atoms. The standard InChI is InChI=1S/C22H44N4O/c1-16(2)18-6-8-19(9-7-18)26-11-10-24(13-20(26)12-22(4,5)27)21-14-25(15-21)17(3)23/h16-21,27H,6-15,23H2,1-5H3. The van der Waals surface area contributed by atoms with Crippen molar-refractivity contribution in [3.63, 3.8) is 0 Å². The third-order valence-corrected chi connectivity index (χ3v) is 7.43. The number of hydrogen-bond donors (Lipinski definition) is 2. The van der Waals surface area contributed by atoms with E-state index in [1.54, 1.807) is 0 Å². The van der Waals surface area contributed by atoms with Crippen molar-refractivity contribution in [3.05, 3.63) is 0 Å². The molecule has 1 saturated carbocycles. The van der Waals surface area contributed by atoms with E-state index in [0.29, 0.717) is 12.1 Å². The number of piperazine rings is 1. The van der Waals surface area contributed by atoms with E-state index in [1.165, 1.54) is 32.2 Å². The molecule has 3 rings (SSSR count). The van der Waals surface area contributed by atoms with E-state index in [1.807, 2.05) is 13.8 Å². The zero-order chi connectivity index (χ0) is 19.8. The molecule has 2 aliphatic heterocycles. The van der Waals surface area contributed by atoms with Crippen molar-refractivity contribution in [2.75, 3.05) is 32.7 Å². The SMILES string of the molecule is CC(C)C1CCC(N2CCN(C3CN(C(C)N)C3)CC2CC(C)(C)O)CC1. The fraction of sp³-hybridized carbons (Fsp3) is 1.00. The molecule has 1 aliphatic carbocycles. The van der Waals surface area contributed by atoms with Crippen molar-refractivity contribution in [1.29, 1.82) is 0 Å². The Hall–Kier alpha value is -0.200. The summed E-state index contributed by atoms with van der Waals surface area (Å²) in [6, 6.07) is 1.85. The molecule has 3 N–H and O–H groups in total. The average molecular weight is 381 g/mol. The molecular formula is C22H44N4O. The second-order valence-corrected chi connectivity index (χ2v) is 10.6. The Kier molecular flexibility index (Phi) is 6.90. The van der Waals surface area contributed by atoms with Gasteiger partial charge in [-0.15, -0.1) is 0 Å². The summed E-state index contributed by atoms with van der Waals surface area (Å²) in [5.74, 6) is 1.73. The lowest BCUT2D eigenvalue weighted by Gasteiger charge is -2.54. The fourth-order valence-corrected chi connectivity index (χ4v) is 5.62. The van der Waals surface area contributed by atoms with Gasteiger partial charge in [-0.05, 0) is 64.7 Å². The van der Waals surface area contributed by atoms with Crippen LogP contribution in [0.1, 0.15) is 66.7 Å². The summed E-state index contributed by atoms with van der Waals surface area (Å²) in [5, 5.41) is 10.5. The van der Waals surface area contributed by atoms with Crippen molar-refractivity contribution >= 4 is 0 Å². The molecule has 27 heavy (non-hydrogen) atoms. The van der Waals surface area contributed by atoms with Gasteiger partial charge in [0, 0.05) is 50.8 Å². The molecule has 5 heteroatoms. The highest BCUT2D eigenvalue weighted by molar-refractivity contribution is 4.97. The molecule has 0 aromatic heterocycles. The van der Waals surface area contributed by atoms with Crippen molar-refractivity contribution in [2.45, 2.75) is 96.6 Å². The predicted octanol–water partition coefficient (Wildman–Crippen LogP) is 2.34. The zero-order valence-electron chi connectivity index (χ0n) is 18.4. The van der Waals surface area contributed by atoms with E-state index in [4.69, 9.17) is 5.73 Å². The van der Waals surface area contributed by atoms with Gasteiger partial charge in [0.15, 0.2) is 0 Å². The van der Waals surface area contributed by atoms with Gasteiger partial charge in [-0.3, -0.25) is 14.7 Å². The molecule has 0 amide bonds. The second kappa shape index (κ2) is 8.66. The second-order valence-electron chi connectivity index (χ2n) is 10.6. The zero-order valence-corrected chi connectivity index (χ0v) is 18.4. The van der Waals surface area contributed by atoms with Gasteiger partial charge in [-0.1, -0.05) is 13.8 Å². The molecule has 2 atom stereocenters. The first-order valence-corrected chi connectivity index (χ1v) is 11.4. The van der Waals surface area contributed by atoms with Crippen molar-refractivity contribution in [3.8, 4) is 0 Å². The highest BCUT2D eigenvalue weighted by atomic mass is 16.3. The lowest BCUT2D eigenvalue weighted by molar-refractivity contribution is -0.0643. The van der Waals surface area contributed by atoms with E-state index in [9.17, 15) is 5.11 Å². The fourth-order valence-electron chi connectivity index (χ4n) is 5.62. The molecule has 2 heterocycles. The van der Waals surface area contributed by atoms with Crippen LogP contribution in [-0.4, -0.2) is 82.4 Å². The number of aliphatic hydroxyl groups is 1. The number of likely N-dealkylation sites (tertiary alicyclic amines) is 1. The quantitative estimate of drug-likeness (QED) is 0.741. The number of nitrogens with zero attached hydrogens (tertiary/aromatic N) is 3. The van der Waals surface area contributed by atoms with Crippen molar-refractivity contribution in [2.24, 2.45) is 17.6 Å². The van der Waals surface area contributed by atoms with E-state index in [2.05, 4.69) is 35.5 Å². The number of rotatable bonds is 6. The largest absolute Gasteiger partial charge is 0.390 e. The van der Waals surface area contributed by atoms with Crippen LogP contribution >= 0.6 is 0 Å². The Labute approximate surface area is 167 Å². The minimum atomic E-state index is -0.599. The summed E-state index contributed by atoms with van der Waals surface area (Å²) in [6.45, 7) is 16.4. The van der Waals surface area contributed by atoms with Gasteiger partial charge in [0.1, 0.15) is 0 Å². The average Bonchev–Trinajstić information content (AvgIpc) is 2.52. The van der Waals surface area contributed by atoms with Crippen LogP contribution in [0.4, 0.5) is 0 Å². The molecule has 2 saturated heterocycles. The molecule has 0 radical (unpaired) electrons. The van der Waals surface area contributed by atoms with Crippen molar-refractivity contribution in [1.82, 2.24) is 14.7 Å². The van der Waals surface area contributed by atoms with Crippen LogP contribution in [0, 0.1) is 11.8 Å². The first-order valence-electron chi connectivity index (χ1n) is 11.4. The van der Waals surface area contributed by atoms with Crippen LogP contribution in [0.2, 0.25) is 0 Å². The van der Waals surface area contributed by atoms with Crippen LogP contribution in [0.5, 0.6) is 0 Å². The Morgan fingerprint density at radius 2 is 1.59 bits per heavy atom. The lowest BCUT2D eigenvalue weighted by atomic mass is 9.78. The summed E-state index contributed by atoms with van der Waals surface area (Å²) >= 11 is 0. The molecule has 0 aromatic carbocycles. The predicted molar refractivity (Wildman–Crippen MR) is 113 cm³/mol. The van der Waals surface area contributed by atoms with Gasteiger partial charge in [0.2, 0.25) is 0 Å². The first-order chi connectivity index (χ1) is 12.6. The van der Waals surface area contributed by atoms with E-state index in [-0.39, 0.29) is 6.17 Å². The summed E-state index contributed by atoms with van der Waals surface area (Å²) < 4.78 is 0. The van der Waals surface area contributed by atoms with Crippen LogP contribution in [0.15, 0.2) is 0 Å². The monoisotopic (exact) mass is 380 g/mol. The third kappa shape index (κ3) is 5.45. The van der Waals surface area contributed by atoms with E-state index < -0.39 is 5.60 Å². The Balaban J connectivity index is 1.59. The molecule has 2 unspecified atom stereocenters. The molecule has 0 bridgehead atoms. The third-order valence-electron chi connectivity index (χ3n) is 7.43. The van der Waals surface area contributed by atoms with E-state index >= 15 is 0 Å². The number of hydrogen-bond acceptors (Lipinski definition) is 5. The molecular weight excluding hydrogens is 336 g/mol. The van der Waals surface area contributed by atoms with Gasteiger partial charge in [0.25, 0.3) is 0 Å². The van der Waals surface area contributed by atoms with Gasteiger partial charge >= 0.3 is 0 Å². The maximum Gasteiger partial charge on any atom is 0.0607 e. The Morgan fingerprint density at radius 3 is 2.11 bits per heavy atom. The van der Waals surface area contributed by atoms with E-state index in [0.717, 1.165) is 50.5 Å². The normalized spacial score (nSPS) is 34.0. The Morgan fingerprint density at radius 1 is 0.963 bits per heavy atom. The van der Waals surface area contributed by atoms with Gasteiger partial charge in [0.05, 0.1) is 11.8 Å². The summed E-state index contributed by atoms with van der Waals surface area (Å²) in [7, 11) is 0. The van der Waals surface area contributed by atoms with Crippen LogP contribution in [0.25, 0.3) is 0 Å². The minimum absolute atomic E-state index is 0.172. The molecule has 5 nitrogen and oxygen atoms in total. The minimum Gasteiger partial charge on any atom is -0.390 e. The molecule has 0 aromatic rings. The molecule has 3 fully saturated rings. The first kappa shape index (κ1) is 21.5. The van der Waals surface area contributed by atoms with Crippen molar-refractivity contribution < 1.29 is 5.11 Å². The van der Waals surface area contributed by atoms with Crippen LogP contribution < -0.4 is 5.73 Å². The summed E-state index contributed by atoms with van der Waals surface area (Å²) in [5.41, 5.74) is 5.42. The van der Waals surface area contributed by atoms with Crippen LogP contribution in [-0.2, 0) is 0 Å². The topological polar surface area (TPSA) is 56.0 Å². The van der Waals surface area contributed by atoms with Gasteiger partial charge < -0.3 is 10.8 Å². The summed E-state index contributed by atoms with van der Waals surface area (Å²) in [4.78, 5) is 7.80. The smallest absolute Gasteiger partial charge is 0.0607 e. The number of nitrogens with two attached hydrogens (primary N) is 1. The Bertz CT molecular complexity index is 461. The summed E-state index contributed by atoms with van der Waals surface area (Å²) in [6.07, 6.45) is 6.48. The lowest BCUT2D eigenvalue weighted by Crippen LogP contribution is -2.68. The van der Waals surface area contributed by atoms with Gasteiger partial charge in [-0.25, -0.2) is 0 Å². The highest BCUT2D eigenvalue weighted by Crippen LogP contribution is 2.35. The highest BCUT2D eigenvalue weighted by Gasteiger charge is 2.41. The van der Waals surface area contributed by atoms with Crippen LogP contribution in [0.3, 0.4) is 0 Å². The molecule has 158 valence electrons.